The molecule has 0 amide bonds. The zero-order valence-corrected chi connectivity index (χ0v) is 17.9. The van der Waals surface area contributed by atoms with Gasteiger partial charge in [0.2, 0.25) is 0 Å². The van der Waals surface area contributed by atoms with Crippen LogP contribution in [-0.4, -0.2) is 41.3 Å². The fourth-order valence-electron chi connectivity index (χ4n) is 3.63. The number of carbonyl (C=O) groups is 2. The van der Waals surface area contributed by atoms with Crippen LogP contribution in [0.2, 0.25) is 0 Å². The lowest BCUT2D eigenvalue weighted by Crippen LogP contribution is -2.28. The van der Waals surface area contributed by atoms with Gasteiger partial charge in [-0.15, -0.1) is 0 Å². The van der Waals surface area contributed by atoms with Crippen molar-refractivity contribution in [2.24, 2.45) is 17.3 Å². The molecule has 4 unspecified atom stereocenters. The summed E-state index contributed by atoms with van der Waals surface area (Å²) in [4.78, 5) is 23.4. The second kappa shape index (κ2) is 12.2. The minimum Gasteiger partial charge on any atom is -0.469 e. The highest BCUT2D eigenvalue weighted by atomic mass is 16.5. The molecule has 2 N–H and O–H groups in total. The largest absolute Gasteiger partial charge is 0.469 e. The zero-order chi connectivity index (χ0) is 21.2. The van der Waals surface area contributed by atoms with Crippen LogP contribution in [0.5, 0.6) is 0 Å². The summed E-state index contributed by atoms with van der Waals surface area (Å²) in [6, 6.07) is 0. The van der Waals surface area contributed by atoms with Crippen molar-refractivity contribution in [3.8, 4) is 0 Å². The number of aliphatic hydroxyl groups is 2. The molecule has 1 aliphatic carbocycles. The van der Waals surface area contributed by atoms with Gasteiger partial charge in [-0.3, -0.25) is 9.59 Å². The predicted molar refractivity (Wildman–Crippen MR) is 111 cm³/mol. The molecule has 0 spiro atoms. The number of ketones is 1. The third kappa shape index (κ3) is 7.88. The van der Waals surface area contributed by atoms with Gasteiger partial charge >= 0.3 is 5.97 Å². The number of Topliss-reactive ketones (excluding diaryl/α,β-unsaturated/α-hetero) is 1. The Morgan fingerprint density at radius 3 is 2.68 bits per heavy atom. The first kappa shape index (κ1) is 24.6. The minimum atomic E-state index is -0.688. The van der Waals surface area contributed by atoms with Crippen LogP contribution >= 0.6 is 0 Å². The van der Waals surface area contributed by atoms with Crippen molar-refractivity contribution in [1.29, 1.82) is 0 Å². The standard InChI is InChI=1S/C23H38O5/c1-5-6-15-23(2,3)21(26)14-13-18-17(19(24)16-20(18)25)11-9-7-8-10-12-22(27)28-4/h7,9,13-14,17-18,20-21,25-26H,5-6,8,10-12,15-16H2,1-4H3/b9-7-,14-13+. The van der Waals surface area contributed by atoms with E-state index in [2.05, 4.69) is 11.7 Å². The van der Waals surface area contributed by atoms with Gasteiger partial charge in [-0.05, 0) is 31.1 Å². The Kier molecular flexibility index (Phi) is 10.7. The summed E-state index contributed by atoms with van der Waals surface area (Å²) in [6.07, 6.45) is 11.9. The molecule has 0 bridgehead atoms. The highest BCUT2D eigenvalue weighted by Gasteiger charge is 2.39. The van der Waals surface area contributed by atoms with Gasteiger partial charge in [0.1, 0.15) is 5.78 Å². The monoisotopic (exact) mass is 394 g/mol. The lowest BCUT2D eigenvalue weighted by atomic mass is 9.80. The molecule has 4 atom stereocenters. The van der Waals surface area contributed by atoms with Gasteiger partial charge < -0.3 is 14.9 Å². The number of hydrogen-bond donors (Lipinski definition) is 2. The quantitative estimate of drug-likeness (QED) is 0.297. The number of hydrogen-bond acceptors (Lipinski definition) is 5. The van der Waals surface area contributed by atoms with Crippen LogP contribution in [-0.2, 0) is 14.3 Å². The summed E-state index contributed by atoms with van der Waals surface area (Å²) in [5.74, 6) is -0.660. The summed E-state index contributed by atoms with van der Waals surface area (Å²) in [5.41, 5.74) is -0.227. The maximum Gasteiger partial charge on any atom is 0.305 e. The molecule has 0 aromatic carbocycles. The Labute approximate surface area is 169 Å². The molecule has 160 valence electrons. The lowest BCUT2D eigenvalue weighted by molar-refractivity contribution is -0.140. The van der Waals surface area contributed by atoms with E-state index in [1.807, 2.05) is 32.1 Å². The third-order valence-corrected chi connectivity index (χ3v) is 5.76. The number of allylic oxidation sites excluding steroid dienone is 2. The first-order valence-electron chi connectivity index (χ1n) is 10.5. The molecule has 0 aliphatic heterocycles. The van der Waals surface area contributed by atoms with E-state index < -0.39 is 12.2 Å². The van der Waals surface area contributed by atoms with E-state index in [0.29, 0.717) is 19.3 Å². The second-order valence-electron chi connectivity index (χ2n) is 8.52. The Bertz CT molecular complexity index is 549. The SMILES string of the molecule is CCCCC(C)(C)C(O)/C=C/C1C(O)CC(=O)C1C/C=C\CCCC(=O)OC. The molecule has 0 aromatic rings. The predicted octanol–water partition coefficient (Wildman–Crippen LogP) is 3.98. The molecule has 1 rings (SSSR count). The van der Waals surface area contributed by atoms with Crippen molar-refractivity contribution >= 4 is 11.8 Å². The Balaban J connectivity index is 2.60. The summed E-state index contributed by atoms with van der Waals surface area (Å²) in [7, 11) is 1.38. The van der Waals surface area contributed by atoms with Gasteiger partial charge in [0.05, 0.1) is 19.3 Å². The molecule has 5 heteroatoms. The van der Waals surface area contributed by atoms with Crippen molar-refractivity contribution in [1.82, 2.24) is 0 Å². The van der Waals surface area contributed by atoms with E-state index in [0.717, 1.165) is 25.7 Å². The van der Waals surface area contributed by atoms with E-state index >= 15 is 0 Å². The van der Waals surface area contributed by atoms with Crippen LogP contribution in [0.4, 0.5) is 0 Å². The summed E-state index contributed by atoms with van der Waals surface area (Å²) in [5, 5.41) is 20.8. The fourth-order valence-corrected chi connectivity index (χ4v) is 3.63. The molecule has 1 aliphatic rings. The van der Waals surface area contributed by atoms with Gasteiger partial charge in [-0.2, -0.15) is 0 Å². The van der Waals surface area contributed by atoms with E-state index in [4.69, 9.17) is 0 Å². The van der Waals surface area contributed by atoms with Gasteiger partial charge in [0, 0.05) is 24.7 Å². The average Bonchev–Trinajstić information content (AvgIpc) is 2.93. The van der Waals surface area contributed by atoms with Gasteiger partial charge in [0.25, 0.3) is 0 Å². The molecule has 28 heavy (non-hydrogen) atoms. The van der Waals surface area contributed by atoms with E-state index in [1.165, 1.54) is 7.11 Å². The van der Waals surface area contributed by atoms with Crippen LogP contribution in [0.15, 0.2) is 24.3 Å². The summed E-state index contributed by atoms with van der Waals surface area (Å²) < 4.78 is 4.61. The number of methoxy groups -OCH3 is 1. The minimum absolute atomic E-state index is 0.0705. The molecule has 0 radical (unpaired) electrons. The number of aliphatic hydroxyl groups excluding tert-OH is 2. The highest BCUT2D eigenvalue weighted by Crippen LogP contribution is 2.35. The molecular formula is C23H38O5. The molecule has 1 saturated carbocycles. The maximum absolute atomic E-state index is 12.3. The summed E-state index contributed by atoms with van der Waals surface area (Å²) in [6.45, 7) is 6.22. The molecule has 5 nitrogen and oxygen atoms in total. The number of rotatable bonds is 12. The molecule has 0 saturated heterocycles. The first-order chi connectivity index (χ1) is 13.2. The van der Waals surface area contributed by atoms with Crippen LogP contribution < -0.4 is 0 Å². The number of ether oxygens (including phenoxy) is 1. The van der Waals surface area contributed by atoms with Crippen LogP contribution in [0.25, 0.3) is 0 Å². The van der Waals surface area contributed by atoms with Crippen molar-refractivity contribution in [2.45, 2.75) is 84.3 Å². The lowest BCUT2D eigenvalue weighted by Gasteiger charge is -2.29. The number of esters is 1. The van der Waals surface area contributed by atoms with Crippen LogP contribution in [0.1, 0.15) is 72.1 Å². The van der Waals surface area contributed by atoms with E-state index in [9.17, 15) is 19.8 Å². The Hall–Kier alpha value is -1.46. The van der Waals surface area contributed by atoms with E-state index in [1.54, 1.807) is 6.08 Å². The topological polar surface area (TPSA) is 83.8 Å². The first-order valence-corrected chi connectivity index (χ1v) is 10.5. The normalized spacial score (nSPS) is 24.4. The Morgan fingerprint density at radius 1 is 1.32 bits per heavy atom. The molecular weight excluding hydrogens is 356 g/mol. The fraction of sp³-hybridized carbons (Fsp3) is 0.739. The summed E-state index contributed by atoms with van der Waals surface area (Å²) >= 11 is 0. The van der Waals surface area contributed by atoms with Gasteiger partial charge in [-0.1, -0.05) is 57.9 Å². The molecule has 1 fully saturated rings. The maximum atomic E-state index is 12.3. The van der Waals surface area contributed by atoms with Crippen LogP contribution in [0, 0.1) is 17.3 Å². The third-order valence-electron chi connectivity index (χ3n) is 5.76. The van der Waals surface area contributed by atoms with Gasteiger partial charge in [-0.25, -0.2) is 0 Å². The average molecular weight is 395 g/mol. The number of unbranched alkanes of at least 4 members (excludes halogenated alkanes) is 2. The molecule has 0 aromatic heterocycles. The zero-order valence-electron chi connectivity index (χ0n) is 17.9. The smallest absolute Gasteiger partial charge is 0.305 e. The van der Waals surface area contributed by atoms with Crippen molar-refractivity contribution in [2.75, 3.05) is 7.11 Å². The Morgan fingerprint density at radius 2 is 2.04 bits per heavy atom. The van der Waals surface area contributed by atoms with Crippen LogP contribution in [0.3, 0.4) is 0 Å². The number of carbonyl (C=O) groups excluding carboxylic acids is 2. The highest BCUT2D eigenvalue weighted by molar-refractivity contribution is 5.84. The van der Waals surface area contributed by atoms with E-state index in [-0.39, 0.29) is 35.4 Å². The van der Waals surface area contributed by atoms with Crippen molar-refractivity contribution in [3.05, 3.63) is 24.3 Å². The van der Waals surface area contributed by atoms with Crippen molar-refractivity contribution in [3.63, 3.8) is 0 Å². The van der Waals surface area contributed by atoms with Crippen molar-refractivity contribution < 1.29 is 24.5 Å². The molecule has 0 heterocycles. The van der Waals surface area contributed by atoms with Gasteiger partial charge in [0.15, 0.2) is 0 Å². The second-order valence-corrected chi connectivity index (χ2v) is 8.52.